The lowest BCUT2D eigenvalue weighted by molar-refractivity contribution is 0.600. The van der Waals surface area contributed by atoms with Crippen molar-refractivity contribution in [1.82, 2.24) is 9.97 Å². The number of nitrogens with two attached hydrogens (primary N) is 1. The van der Waals surface area contributed by atoms with E-state index in [9.17, 15) is 12.8 Å². The summed E-state index contributed by atoms with van der Waals surface area (Å²) in [6.07, 6.45) is 2.22. The van der Waals surface area contributed by atoms with Crippen molar-refractivity contribution in [3.8, 4) is 0 Å². The highest BCUT2D eigenvalue weighted by atomic mass is 127. The van der Waals surface area contributed by atoms with E-state index >= 15 is 0 Å². The van der Waals surface area contributed by atoms with E-state index in [-0.39, 0.29) is 16.5 Å². The topological polar surface area (TPSA) is 110 Å². The van der Waals surface area contributed by atoms with Gasteiger partial charge in [-0.15, -0.1) is 0 Å². The number of hydrogen-bond acceptors (Lipinski definition) is 6. The van der Waals surface area contributed by atoms with Gasteiger partial charge in [-0.3, -0.25) is 10.1 Å². The molecule has 0 fully saturated rings. The minimum atomic E-state index is -3.84. The van der Waals surface area contributed by atoms with Crippen LogP contribution in [0.15, 0.2) is 35.5 Å². The number of nitrogens with one attached hydrogen (secondary N) is 2. The zero-order valence-corrected chi connectivity index (χ0v) is 12.8. The van der Waals surface area contributed by atoms with Crippen LogP contribution in [0.5, 0.6) is 0 Å². The molecule has 0 bridgehead atoms. The van der Waals surface area contributed by atoms with Crippen LogP contribution in [-0.4, -0.2) is 18.4 Å². The molecule has 1 aromatic heterocycles. The van der Waals surface area contributed by atoms with Crippen LogP contribution in [0.4, 0.5) is 16.0 Å². The molecule has 0 saturated carbocycles. The third-order valence-electron chi connectivity index (χ3n) is 2.24. The third kappa shape index (κ3) is 3.32. The molecule has 1 aromatic carbocycles. The zero-order valence-electron chi connectivity index (χ0n) is 9.84. The van der Waals surface area contributed by atoms with Crippen molar-refractivity contribution >= 4 is 44.2 Å². The molecule has 20 heavy (non-hydrogen) atoms. The highest BCUT2D eigenvalue weighted by molar-refractivity contribution is 14.1. The minimum absolute atomic E-state index is 0.0975. The van der Waals surface area contributed by atoms with Crippen LogP contribution in [0.3, 0.4) is 0 Å². The molecule has 106 valence electrons. The fourth-order valence-corrected chi connectivity index (χ4v) is 3.07. The molecule has 0 radical (unpaired) electrons. The average molecular weight is 409 g/mol. The van der Waals surface area contributed by atoms with E-state index in [0.717, 1.165) is 18.5 Å². The number of sulfonamides is 1. The number of hydrogen-bond donors (Lipinski definition) is 3. The van der Waals surface area contributed by atoms with Gasteiger partial charge >= 0.3 is 0 Å². The monoisotopic (exact) mass is 409 g/mol. The van der Waals surface area contributed by atoms with Gasteiger partial charge in [0.25, 0.3) is 10.0 Å². The normalized spacial score (nSPS) is 11.2. The first-order valence-electron chi connectivity index (χ1n) is 5.19. The Morgan fingerprint density at radius 2 is 1.90 bits per heavy atom. The molecule has 7 nitrogen and oxygen atoms in total. The number of halogens is 2. The fraction of sp³-hybridized carbons (Fsp3) is 0. The second-order valence-electron chi connectivity index (χ2n) is 3.62. The van der Waals surface area contributed by atoms with E-state index < -0.39 is 15.8 Å². The Morgan fingerprint density at radius 1 is 1.25 bits per heavy atom. The van der Waals surface area contributed by atoms with Crippen molar-refractivity contribution in [3.63, 3.8) is 0 Å². The largest absolute Gasteiger partial charge is 0.292 e. The number of nitrogens with zero attached hydrogens (tertiary/aromatic N) is 2. The van der Waals surface area contributed by atoms with Gasteiger partial charge in [0.2, 0.25) is 5.95 Å². The lowest BCUT2D eigenvalue weighted by atomic mass is 10.3. The summed E-state index contributed by atoms with van der Waals surface area (Å²) in [6.45, 7) is 0. The number of anilines is 2. The lowest BCUT2D eigenvalue weighted by Crippen LogP contribution is -2.16. The van der Waals surface area contributed by atoms with Gasteiger partial charge < -0.3 is 0 Å². The summed E-state index contributed by atoms with van der Waals surface area (Å²) in [4.78, 5) is 7.30. The molecule has 10 heteroatoms. The Bertz CT molecular complexity index is 723. The van der Waals surface area contributed by atoms with Gasteiger partial charge in [-0.25, -0.2) is 28.6 Å². The van der Waals surface area contributed by atoms with Crippen LogP contribution in [0.2, 0.25) is 0 Å². The molecule has 0 aliphatic heterocycles. The van der Waals surface area contributed by atoms with Crippen molar-refractivity contribution in [2.75, 3.05) is 10.1 Å². The van der Waals surface area contributed by atoms with E-state index in [1.807, 2.05) is 22.6 Å². The highest BCUT2D eigenvalue weighted by Gasteiger charge is 2.17. The second kappa shape index (κ2) is 5.85. The quantitative estimate of drug-likeness (QED) is 0.399. The third-order valence-corrected chi connectivity index (χ3v) is 4.46. The predicted molar refractivity (Wildman–Crippen MR) is 79.8 cm³/mol. The molecule has 0 atom stereocenters. The van der Waals surface area contributed by atoms with Crippen LogP contribution in [-0.2, 0) is 10.0 Å². The second-order valence-corrected chi connectivity index (χ2v) is 6.46. The standard InChI is InChI=1S/C10H9FIN5O2S/c11-6-1-2-9(8(12)3-6)17-20(18,19)7-4-14-10(16-13)15-5-7/h1-5,17H,13H2,(H,14,15,16). The molecule has 0 aliphatic rings. The van der Waals surface area contributed by atoms with Gasteiger partial charge in [0, 0.05) is 3.57 Å². The van der Waals surface area contributed by atoms with Crippen molar-refractivity contribution in [3.05, 3.63) is 40.0 Å². The van der Waals surface area contributed by atoms with Crippen LogP contribution in [0, 0.1) is 9.39 Å². The molecule has 0 spiro atoms. The van der Waals surface area contributed by atoms with Crippen LogP contribution in [0.1, 0.15) is 0 Å². The molecule has 4 N–H and O–H groups in total. The summed E-state index contributed by atoms with van der Waals surface area (Å²) in [5.74, 6) is 4.74. The molecular formula is C10H9FIN5O2S. The maximum absolute atomic E-state index is 13.0. The predicted octanol–water partition coefficient (Wildman–Crippen LogP) is 1.31. The minimum Gasteiger partial charge on any atom is -0.292 e. The van der Waals surface area contributed by atoms with Crippen LogP contribution in [0.25, 0.3) is 0 Å². The van der Waals surface area contributed by atoms with Crippen LogP contribution < -0.4 is 16.0 Å². The number of benzene rings is 1. The summed E-state index contributed by atoms with van der Waals surface area (Å²) >= 11 is 1.83. The number of rotatable bonds is 4. The van der Waals surface area contributed by atoms with Gasteiger partial charge in [0.15, 0.2) is 0 Å². The van der Waals surface area contributed by atoms with Crippen LogP contribution >= 0.6 is 22.6 Å². The first-order chi connectivity index (χ1) is 9.42. The summed E-state index contributed by atoms with van der Waals surface area (Å²) in [6, 6.07) is 3.72. The smallest absolute Gasteiger partial charge is 0.265 e. The molecule has 0 amide bonds. The average Bonchev–Trinajstić information content (AvgIpc) is 2.42. The molecule has 2 aromatic rings. The van der Waals surface area contributed by atoms with Crippen molar-refractivity contribution in [1.29, 1.82) is 0 Å². The summed E-state index contributed by atoms with van der Waals surface area (Å²) < 4.78 is 39.9. The molecule has 0 unspecified atom stereocenters. The molecule has 1 heterocycles. The fourth-order valence-electron chi connectivity index (χ4n) is 1.31. The Labute approximate surface area is 128 Å². The van der Waals surface area contributed by atoms with Crippen molar-refractivity contribution in [2.24, 2.45) is 5.84 Å². The van der Waals surface area contributed by atoms with Gasteiger partial charge in [-0.2, -0.15) is 0 Å². The van der Waals surface area contributed by atoms with Crippen molar-refractivity contribution in [2.45, 2.75) is 4.90 Å². The van der Waals surface area contributed by atoms with Gasteiger partial charge in [0.1, 0.15) is 10.7 Å². The van der Waals surface area contributed by atoms with Gasteiger partial charge in [-0.05, 0) is 40.8 Å². The first kappa shape index (κ1) is 14.9. The summed E-state index contributed by atoms with van der Waals surface area (Å²) in [5.41, 5.74) is 2.46. The Balaban J connectivity index is 2.30. The maximum atomic E-state index is 13.0. The molecule has 0 saturated heterocycles. The highest BCUT2D eigenvalue weighted by Crippen LogP contribution is 2.22. The number of aromatic nitrogens is 2. The zero-order chi connectivity index (χ0) is 14.8. The van der Waals surface area contributed by atoms with E-state index in [1.165, 1.54) is 12.1 Å². The van der Waals surface area contributed by atoms with Crippen molar-refractivity contribution < 1.29 is 12.8 Å². The maximum Gasteiger partial charge on any atom is 0.265 e. The summed E-state index contributed by atoms with van der Waals surface area (Å²) in [7, 11) is -3.84. The number of nitrogen functional groups attached to an aromatic ring is 1. The van der Waals surface area contributed by atoms with Gasteiger partial charge in [-0.1, -0.05) is 0 Å². The number of hydrazine groups is 1. The lowest BCUT2D eigenvalue weighted by Gasteiger charge is -2.09. The Hall–Kier alpha value is -1.53. The summed E-state index contributed by atoms with van der Waals surface area (Å²) in [5, 5.41) is 0. The van der Waals surface area contributed by atoms with E-state index in [4.69, 9.17) is 5.84 Å². The first-order valence-corrected chi connectivity index (χ1v) is 7.75. The molecular weight excluding hydrogens is 400 g/mol. The van der Waals surface area contributed by atoms with Gasteiger partial charge in [0.05, 0.1) is 18.1 Å². The van der Waals surface area contributed by atoms with E-state index in [1.54, 1.807) is 0 Å². The SMILES string of the molecule is NNc1ncc(S(=O)(=O)Nc2ccc(F)cc2I)cn1. The van der Waals surface area contributed by atoms with E-state index in [2.05, 4.69) is 20.1 Å². The molecule has 0 aliphatic carbocycles. The molecule has 2 rings (SSSR count). The Morgan fingerprint density at radius 3 is 2.45 bits per heavy atom. The van der Waals surface area contributed by atoms with E-state index in [0.29, 0.717) is 3.57 Å². The Kier molecular flexibility index (Phi) is 4.35.